The van der Waals surface area contributed by atoms with Crippen LogP contribution in [-0.4, -0.2) is 43.2 Å². The number of fused-ring (bicyclic) bond motifs is 2. The molecule has 3 aromatic heterocycles. The summed E-state index contributed by atoms with van der Waals surface area (Å²) in [5.74, 6) is -3.20. The number of ketones is 1. The van der Waals surface area contributed by atoms with Gasteiger partial charge in [0.15, 0.2) is 5.78 Å². The number of carbonyl (C=O) groups excluding carboxylic acids is 2. The lowest BCUT2D eigenvalue weighted by Gasteiger charge is -2.37. The smallest absolute Gasteiger partial charge is 0.264 e. The summed E-state index contributed by atoms with van der Waals surface area (Å²) >= 11 is 0. The van der Waals surface area contributed by atoms with Crippen LogP contribution in [0.25, 0.3) is 22.2 Å². The molecule has 0 radical (unpaired) electrons. The highest BCUT2D eigenvalue weighted by Gasteiger charge is 2.39. The molecule has 1 saturated carbocycles. The zero-order chi connectivity index (χ0) is 28.2. The Labute approximate surface area is 228 Å². The fourth-order valence-corrected chi connectivity index (χ4v) is 5.90. The van der Waals surface area contributed by atoms with Crippen LogP contribution >= 0.6 is 0 Å². The first-order valence-electron chi connectivity index (χ1n) is 13.3. The van der Waals surface area contributed by atoms with Crippen molar-refractivity contribution in [1.82, 2.24) is 19.5 Å². The SMILES string of the molecule is Cn1cc(-c2ccc(N(C(=O)c3cc4c([nH]c3=O)CCCC4=O)C3CCC(F)(F)CC3)cc2)c2c(N)ncnc21. The van der Waals surface area contributed by atoms with Gasteiger partial charge in [0.2, 0.25) is 5.92 Å². The van der Waals surface area contributed by atoms with Gasteiger partial charge in [0, 0.05) is 61.1 Å². The number of rotatable bonds is 4. The van der Waals surface area contributed by atoms with Crippen molar-refractivity contribution in [3.8, 4) is 11.1 Å². The molecule has 206 valence electrons. The van der Waals surface area contributed by atoms with Crippen molar-refractivity contribution in [2.75, 3.05) is 10.6 Å². The van der Waals surface area contributed by atoms with Crippen molar-refractivity contribution < 1.29 is 18.4 Å². The minimum Gasteiger partial charge on any atom is -0.383 e. The second-order valence-electron chi connectivity index (χ2n) is 10.6. The van der Waals surface area contributed by atoms with Gasteiger partial charge in [-0.15, -0.1) is 0 Å². The first-order chi connectivity index (χ1) is 19.1. The van der Waals surface area contributed by atoms with E-state index in [1.54, 1.807) is 12.1 Å². The van der Waals surface area contributed by atoms with E-state index in [1.165, 1.54) is 17.3 Å². The van der Waals surface area contributed by atoms with Gasteiger partial charge in [-0.2, -0.15) is 0 Å². The number of hydrogen-bond acceptors (Lipinski definition) is 6. The number of carbonyl (C=O) groups is 2. The van der Waals surface area contributed by atoms with Crippen molar-refractivity contribution in [1.29, 1.82) is 0 Å². The Morgan fingerprint density at radius 1 is 1.10 bits per heavy atom. The number of nitrogens with two attached hydrogens (primary N) is 1. The predicted octanol–water partition coefficient (Wildman–Crippen LogP) is 4.65. The van der Waals surface area contributed by atoms with Crippen LogP contribution in [0.5, 0.6) is 0 Å². The topological polar surface area (TPSA) is 127 Å². The van der Waals surface area contributed by atoms with Crippen molar-refractivity contribution in [3.63, 3.8) is 0 Å². The number of H-pyrrole nitrogens is 1. The number of nitrogens with one attached hydrogen (secondary N) is 1. The summed E-state index contributed by atoms with van der Waals surface area (Å²) in [6.07, 6.45) is 4.29. The van der Waals surface area contributed by atoms with E-state index in [4.69, 9.17) is 5.73 Å². The quantitative estimate of drug-likeness (QED) is 0.384. The summed E-state index contributed by atoms with van der Waals surface area (Å²) in [7, 11) is 1.85. The van der Waals surface area contributed by atoms with E-state index in [2.05, 4.69) is 15.0 Å². The van der Waals surface area contributed by atoms with E-state index in [0.717, 1.165) is 11.1 Å². The Hall–Kier alpha value is -4.41. The molecule has 0 bridgehead atoms. The molecule has 0 saturated heterocycles. The number of aryl methyl sites for hydroxylation is 2. The summed E-state index contributed by atoms with van der Waals surface area (Å²) in [5, 5.41) is 0.699. The van der Waals surface area contributed by atoms with Gasteiger partial charge in [0.05, 0.1) is 5.39 Å². The number of Topliss-reactive ketones (excluding diaryl/α,β-unsaturated/α-hetero) is 1. The summed E-state index contributed by atoms with van der Waals surface area (Å²) in [4.78, 5) is 52.1. The highest BCUT2D eigenvalue weighted by Crippen LogP contribution is 2.38. The molecule has 0 atom stereocenters. The number of amides is 1. The van der Waals surface area contributed by atoms with E-state index < -0.39 is 23.4 Å². The van der Waals surface area contributed by atoms with E-state index in [1.807, 2.05) is 29.9 Å². The fourth-order valence-electron chi connectivity index (χ4n) is 5.90. The number of alkyl halides is 2. The molecule has 6 rings (SSSR count). The lowest BCUT2D eigenvalue weighted by atomic mass is 9.89. The molecule has 3 N–H and O–H groups in total. The molecule has 11 heteroatoms. The number of nitrogen functional groups attached to an aromatic ring is 1. The van der Waals surface area contributed by atoms with Crippen molar-refractivity contribution in [2.24, 2.45) is 7.05 Å². The number of aromatic amines is 1. The maximum absolute atomic E-state index is 14.0. The molecule has 1 amide bonds. The largest absolute Gasteiger partial charge is 0.383 e. The van der Waals surface area contributed by atoms with Crippen LogP contribution in [0, 0.1) is 0 Å². The molecule has 1 aromatic carbocycles. The number of pyridine rings is 1. The van der Waals surface area contributed by atoms with Gasteiger partial charge in [-0.05, 0) is 49.4 Å². The standard InChI is InChI=1S/C29H28F2N6O3/c1-36-14-21(24-25(32)33-15-34-26(24)36)16-5-7-17(8-6-16)37(18-9-11-29(30,31)12-10-18)28(40)20-13-19-22(35-27(20)39)3-2-4-23(19)38/h5-8,13-15,18H,2-4,9-12H2,1H3,(H,35,39)(H2,32,33,34). The normalized spacial score (nSPS) is 17.1. The van der Waals surface area contributed by atoms with Crippen LogP contribution in [-0.2, 0) is 13.5 Å². The number of anilines is 2. The van der Waals surface area contributed by atoms with Crippen LogP contribution in [0.4, 0.5) is 20.3 Å². The first kappa shape index (κ1) is 25.8. The van der Waals surface area contributed by atoms with Crippen molar-refractivity contribution in [2.45, 2.75) is 56.9 Å². The molecule has 0 spiro atoms. The summed E-state index contributed by atoms with van der Waals surface area (Å²) in [5.41, 5.74) is 9.01. The average molecular weight is 547 g/mol. The Bertz CT molecular complexity index is 1700. The summed E-state index contributed by atoms with van der Waals surface area (Å²) < 4.78 is 29.9. The second kappa shape index (κ2) is 9.65. The van der Waals surface area contributed by atoms with Gasteiger partial charge in [0.25, 0.3) is 11.5 Å². The second-order valence-corrected chi connectivity index (χ2v) is 10.6. The Balaban J connectivity index is 1.41. The van der Waals surface area contributed by atoms with Gasteiger partial charge >= 0.3 is 0 Å². The van der Waals surface area contributed by atoms with Crippen LogP contribution in [0.1, 0.15) is 64.9 Å². The lowest BCUT2D eigenvalue weighted by Crippen LogP contribution is -2.46. The maximum atomic E-state index is 14.0. The molecule has 2 aliphatic rings. The monoisotopic (exact) mass is 546 g/mol. The fraction of sp³-hybridized carbons (Fsp3) is 0.345. The highest BCUT2D eigenvalue weighted by atomic mass is 19.3. The minimum absolute atomic E-state index is 0.0828. The van der Waals surface area contributed by atoms with E-state index >= 15 is 0 Å². The third-order valence-electron chi connectivity index (χ3n) is 7.99. The van der Waals surface area contributed by atoms with Crippen LogP contribution in [0.15, 0.2) is 47.7 Å². The molecule has 1 fully saturated rings. The van der Waals surface area contributed by atoms with Gasteiger partial charge in [-0.3, -0.25) is 14.4 Å². The number of aromatic nitrogens is 4. The Kier molecular flexibility index (Phi) is 6.24. The van der Waals surface area contributed by atoms with Gasteiger partial charge < -0.3 is 20.2 Å². The molecule has 0 aliphatic heterocycles. The molecule has 9 nitrogen and oxygen atoms in total. The van der Waals surface area contributed by atoms with E-state index in [-0.39, 0.29) is 37.0 Å². The molecular formula is C29H28F2N6O3. The molecule has 0 unspecified atom stereocenters. The van der Waals surface area contributed by atoms with Gasteiger partial charge in [-0.25, -0.2) is 18.7 Å². The van der Waals surface area contributed by atoms with Crippen LogP contribution in [0.3, 0.4) is 0 Å². The van der Waals surface area contributed by atoms with Crippen LogP contribution < -0.4 is 16.2 Å². The van der Waals surface area contributed by atoms with E-state index in [9.17, 15) is 23.2 Å². The zero-order valence-corrected chi connectivity index (χ0v) is 21.9. The van der Waals surface area contributed by atoms with Crippen LogP contribution in [0.2, 0.25) is 0 Å². The van der Waals surface area contributed by atoms with Gasteiger partial charge in [0.1, 0.15) is 23.4 Å². The third-order valence-corrected chi connectivity index (χ3v) is 7.99. The summed E-state index contributed by atoms with van der Waals surface area (Å²) in [6, 6.07) is 7.93. The lowest BCUT2D eigenvalue weighted by molar-refractivity contribution is -0.0379. The number of benzene rings is 1. The van der Waals surface area contributed by atoms with E-state index in [0.29, 0.717) is 53.1 Å². The molecule has 2 aliphatic carbocycles. The molecule has 4 aromatic rings. The average Bonchev–Trinajstić information content (AvgIpc) is 3.27. The first-order valence-corrected chi connectivity index (χ1v) is 13.3. The zero-order valence-electron chi connectivity index (χ0n) is 21.9. The number of hydrogen-bond donors (Lipinski definition) is 2. The minimum atomic E-state index is -2.79. The Morgan fingerprint density at radius 2 is 1.82 bits per heavy atom. The number of nitrogens with zero attached hydrogens (tertiary/aromatic N) is 4. The van der Waals surface area contributed by atoms with Crippen molar-refractivity contribution >= 4 is 34.2 Å². The maximum Gasteiger partial charge on any atom is 0.264 e. The molecule has 3 heterocycles. The third kappa shape index (κ3) is 4.44. The van der Waals surface area contributed by atoms with Crippen molar-refractivity contribution in [3.05, 3.63) is 70.0 Å². The molecular weight excluding hydrogens is 518 g/mol. The van der Waals surface area contributed by atoms with Gasteiger partial charge in [-0.1, -0.05) is 12.1 Å². The highest BCUT2D eigenvalue weighted by molar-refractivity contribution is 6.08. The number of halogens is 2. The molecule has 40 heavy (non-hydrogen) atoms. The Morgan fingerprint density at radius 3 is 2.55 bits per heavy atom. The predicted molar refractivity (Wildman–Crippen MR) is 147 cm³/mol. The summed E-state index contributed by atoms with van der Waals surface area (Å²) in [6.45, 7) is 0.